The van der Waals surface area contributed by atoms with Gasteiger partial charge in [-0.05, 0) is 30.2 Å². The van der Waals surface area contributed by atoms with Gasteiger partial charge in [-0.25, -0.2) is 0 Å². The zero-order valence-electron chi connectivity index (χ0n) is 10.7. The number of fused-ring (bicyclic) bond motifs is 1. The molecule has 0 bridgehead atoms. The number of rotatable bonds is 2. The molecule has 0 spiro atoms. The van der Waals surface area contributed by atoms with Crippen LogP contribution in [0.2, 0.25) is 0 Å². The van der Waals surface area contributed by atoms with E-state index in [0.29, 0.717) is 0 Å². The Balaban J connectivity index is 0.000000514. The van der Waals surface area contributed by atoms with E-state index in [4.69, 9.17) is 5.11 Å². The molecule has 2 aliphatic rings. The van der Waals surface area contributed by atoms with Crippen molar-refractivity contribution in [3.63, 3.8) is 0 Å². The van der Waals surface area contributed by atoms with Gasteiger partial charge in [-0.15, -0.1) is 0 Å². The average Bonchev–Trinajstić information content (AvgIpc) is 2.94. The lowest BCUT2D eigenvalue weighted by Crippen LogP contribution is -2.20. The van der Waals surface area contributed by atoms with Gasteiger partial charge in [0, 0.05) is 26.7 Å². The Hall–Kier alpha value is -0.860. The molecule has 0 amide bonds. The lowest BCUT2D eigenvalue weighted by Gasteiger charge is -2.16. The monoisotopic (exact) mass is 233 g/mol. The van der Waals surface area contributed by atoms with Gasteiger partial charge in [0.15, 0.2) is 0 Å². The Bertz CT molecular complexity index is 313. The predicted octanol–water partition coefficient (Wildman–Crippen LogP) is 2.53. The number of benzene rings is 1. The maximum atomic E-state index is 7.00. The summed E-state index contributed by atoms with van der Waals surface area (Å²) in [5, 5.41) is 7.00. The van der Waals surface area contributed by atoms with Crippen LogP contribution in [0.5, 0.6) is 0 Å². The SMILES string of the molecule is CO.c1ccc(CN2CC3CCCC3C2)cc1. The Morgan fingerprint density at radius 1 is 1.06 bits per heavy atom. The van der Waals surface area contributed by atoms with E-state index in [-0.39, 0.29) is 0 Å². The fourth-order valence-corrected chi connectivity index (χ4v) is 3.30. The molecule has 1 aromatic rings. The summed E-state index contributed by atoms with van der Waals surface area (Å²) in [4.78, 5) is 2.64. The first kappa shape index (κ1) is 12.6. The molecule has 3 rings (SSSR count). The zero-order valence-corrected chi connectivity index (χ0v) is 10.7. The van der Waals surface area contributed by atoms with Gasteiger partial charge in [0.1, 0.15) is 0 Å². The van der Waals surface area contributed by atoms with Crippen molar-refractivity contribution in [2.45, 2.75) is 25.8 Å². The molecule has 2 unspecified atom stereocenters. The normalized spacial score (nSPS) is 27.4. The third-order valence-corrected chi connectivity index (χ3v) is 4.05. The quantitative estimate of drug-likeness (QED) is 0.848. The molecule has 1 aliphatic heterocycles. The van der Waals surface area contributed by atoms with Crippen molar-refractivity contribution in [1.29, 1.82) is 0 Å². The van der Waals surface area contributed by atoms with Gasteiger partial charge in [-0.1, -0.05) is 36.8 Å². The summed E-state index contributed by atoms with van der Waals surface area (Å²) in [6.45, 7) is 3.85. The summed E-state index contributed by atoms with van der Waals surface area (Å²) >= 11 is 0. The molecule has 2 heteroatoms. The van der Waals surface area contributed by atoms with Crippen LogP contribution in [-0.4, -0.2) is 30.2 Å². The van der Waals surface area contributed by atoms with Crippen molar-refractivity contribution in [2.75, 3.05) is 20.2 Å². The van der Waals surface area contributed by atoms with E-state index in [1.807, 2.05) is 0 Å². The molecule has 2 atom stereocenters. The summed E-state index contributed by atoms with van der Waals surface area (Å²) in [5.74, 6) is 2.04. The molecule has 1 saturated carbocycles. The average molecular weight is 233 g/mol. The van der Waals surface area contributed by atoms with E-state index in [2.05, 4.69) is 35.2 Å². The van der Waals surface area contributed by atoms with E-state index in [9.17, 15) is 0 Å². The summed E-state index contributed by atoms with van der Waals surface area (Å²) in [5.41, 5.74) is 1.47. The van der Waals surface area contributed by atoms with E-state index in [0.717, 1.165) is 25.5 Å². The predicted molar refractivity (Wildman–Crippen MR) is 70.7 cm³/mol. The Kier molecular flexibility index (Phi) is 4.57. The van der Waals surface area contributed by atoms with E-state index in [1.165, 1.54) is 37.9 Å². The van der Waals surface area contributed by atoms with Crippen molar-refractivity contribution < 1.29 is 5.11 Å². The van der Waals surface area contributed by atoms with Crippen LogP contribution in [0.15, 0.2) is 30.3 Å². The molecule has 94 valence electrons. The van der Waals surface area contributed by atoms with Gasteiger partial charge in [-0.3, -0.25) is 4.90 Å². The number of hydrogen-bond acceptors (Lipinski definition) is 2. The van der Waals surface area contributed by atoms with Crippen molar-refractivity contribution >= 4 is 0 Å². The Labute approximate surface area is 104 Å². The highest BCUT2D eigenvalue weighted by atomic mass is 16.2. The van der Waals surface area contributed by atoms with Crippen molar-refractivity contribution in [3.05, 3.63) is 35.9 Å². The highest BCUT2D eigenvalue weighted by molar-refractivity contribution is 5.14. The van der Waals surface area contributed by atoms with Gasteiger partial charge < -0.3 is 5.11 Å². The maximum Gasteiger partial charge on any atom is 0.0319 e. The second-order valence-electron chi connectivity index (χ2n) is 5.13. The van der Waals surface area contributed by atoms with Crippen LogP contribution in [-0.2, 0) is 6.54 Å². The summed E-state index contributed by atoms with van der Waals surface area (Å²) in [6, 6.07) is 10.9. The van der Waals surface area contributed by atoms with Crippen molar-refractivity contribution in [2.24, 2.45) is 11.8 Å². The van der Waals surface area contributed by atoms with Crippen LogP contribution in [0.25, 0.3) is 0 Å². The number of hydrogen-bond donors (Lipinski definition) is 1. The minimum absolute atomic E-state index is 1.00. The molecular weight excluding hydrogens is 210 g/mol. The fraction of sp³-hybridized carbons (Fsp3) is 0.600. The topological polar surface area (TPSA) is 23.5 Å². The first-order chi connectivity index (χ1) is 8.42. The molecule has 1 N–H and O–H groups in total. The van der Waals surface area contributed by atoms with Gasteiger partial charge >= 0.3 is 0 Å². The molecule has 1 heterocycles. The molecule has 1 aliphatic carbocycles. The maximum absolute atomic E-state index is 7.00. The number of nitrogens with zero attached hydrogens (tertiary/aromatic N) is 1. The fourth-order valence-electron chi connectivity index (χ4n) is 3.30. The summed E-state index contributed by atoms with van der Waals surface area (Å²) in [6.07, 6.45) is 4.44. The number of likely N-dealkylation sites (tertiary alicyclic amines) is 1. The highest BCUT2D eigenvalue weighted by Crippen LogP contribution is 2.38. The smallest absolute Gasteiger partial charge is 0.0319 e. The molecule has 0 radical (unpaired) electrons. The molecule has 1 aromatic carbocycles. The van der Waals surface area contributed by atoms with E-state index >= 15 is 0 Å². The minimum atomic E-state index is 1.00. The third-order valence-electron chi connectivity index (χ3n) is 4.05. The lowest BCUT2D eigenvalue weighted by molar-refractivity contribution is 0.303. The number of aliphatic hydroxyl groups excluding tert-OH is 1. The standard InChI is InChI=1S/C14H19N.CH4O/c1-2-5-12(6-3-1)9-15-10-13-7-4-8-14(13)11-15;1-2/h1-3,5-6,13-14H,4,7-11H2;2H,1H3. The van der Waals surface area contributed by atoms with Gasteiger partial charge in [0.05, 0.1) is 0 Å². The zero-order chi connectivity index (χ0) is 12.1. The molecule has 2 fully saturated rings. The molecular formula is C15H23NO. The molecule has 17 heavy (non-hydrogen) atoms. The summed E-state index contributed by atoms with van der Waals surface area (Å²) < 4.78 is 0. The highest BCUT2D eigenvalue weighted by Gasteiger charge is 2.35. The molecule has 0 aromatic heterocycles. The first-order valence-electron chi connectivity index (χ1n) is 6.63. The van der Waals surface area contributed by atoms with Crippen LogP contribution in [0.3, 0.4) is 0 Å². The van der Waals surface area contributed by atoms with Crippen molar-refractivity contribution in [1.82, 2.24) is 4.90 Å². The van der Waals surface area contributed by atoms with Crippen LogP contribution in [0, 0.1) is 11.8 Å². The van der Waals surface area contributed by atoms with Gasteiger partial charge in [-0.2, -0.15) is 0 Å². The summed E-state index contributed by atoms with van der Waals surface area (Å²) in [7, 11) is 1.00. The van der Waals surface area contributed by atoms with Crippen LogP contribution >= 0.6 is 0 Å². The molecule has 1 saturated heterocycles. The molecule has 2 nitrogen and oxygen atoms in total. The van der Waals surface area contributed by atoms with Gasteiger partial charge in [0.25, 0.3) is 0 Å². The third kappa shape index (κ3) is 3.08. The Morgan fingerprint density at radius 2 is 1.65 bits per heavy atom. The number of aliphatic hydroxyl groups is 1. The van der Waals surface area contributed by atoms with Crippen molar-refractivity contribution in [3.8, 4) is 0 Å². The van der Waals surface area contributed by atoms with Crippen LogP contribution in [0.1, 0.15) is 24.8 Å². The second kappa shape index (κ2) is 6.18. The minimum Gasteiger partial charge on any atom is -0.400 e. The van der Waals surface area contributed by atoms with Crippen LogP contribution in [0.4, 0.5) is 0 Å². The van der Waals surface area contributed by atoms with Crippen LogP contribution < -0.4 is 0 Å². The van der Waals surface area contributed by atoms with Gasteiger partial charge in [0.2, 0.25) is 0 Å². The Morgan fingerprint density at radius 3 is 2.24 bits per heavy atom. The lowest BCUT2D eigenvalue weighted by atomic mass is 10.0. The largest absolute Gasteiger partial charge is 0.400 e. The van der Waals surface area contributed by atoms with E-state index in [1.54, 1.807) is 0 Å². The van der Waals surface area contributed by atoms with E-state index < -0.39 is 0 Å². The first-order valence-corrected chi connectivity index (χ1v) is 6.63. The second-order valence-corrected chi connectivity index (χ2v) is 5.13.